The van der Waals surface area contributed by atoms with Gasteiger partial charge in [-0.1, -0.05) is 0 Å². The number of carbonyl (C=O) groups is 1. The average molecular weight is 241 g/mol. The minimum Gasteiger partial charge on any atom is -0.491 e. The lowest BCUT2D eigenvalue weighted by Crippen LogP contribution is -2.22. The van der Waals surface area contributed by atoms with Crippen molar-refractivity contribution in [2.24, 2.45) is 0 Å². The van der Waals surface area contributed by atoms with Gasteiger partial charge in [-0.3, -0.25) is 4.79 Å². The zero-order valence-electron chi connectivity index (χ0n) is 9.70. The predicted molar refractivity (Wildman–Crippen MR) is 61.4 cm³/mol. The third-order valence-corrected chi connectivity index (χ3v) is 2.14. The quantitative estimate of drug-likeness (QED) is 0.777. The van der Waals surface area contributed by atoms with Gasteiger partial charge in [0.25, 0.3) is 0 Å². The smallest absolute Gasteiger partial charge is 0.216 e. The Morgan fingerprint density at radius 1 is 1.53 bits per heavy atom. The molecule has 0 aromatic heterocycles. The lowest BCUT2D eigenvalue weighted by atomic mass is 10.1. The van der Waals surface area contributed by atoms with Crippen molar-refractivity contribution >= 4 is 5.91 Å². The Morgan fingerprint density at radius 3 is 2.94 bits per heavy atom. The number of rotatable bonds is 6. The summed E-state index contributed by atoms with van der Waals surface area (Å²) in [5.74, 6) is 0.0594. The highest BCUT2D eigenvalue weighted by Crippen LogP contribution is 2.20. The average Bonchev–Trinajstić information content (AvgIpc) is 2.27. The normalized spacial score (nSPS) is 10.1. The van der Waals surface area contributed by atoms with Crippen LogP contribution in [-0.4, -0.2) is 30.8 Å². The molecule has 0 bridgehead atoms. The molecule has 4 nitrogen and oxygen atoms in total. The SMILES string of the molecule is CC(=O)NCCc1cc(F)ccc1OCCO. The number of aliphatic hydroxyl groups excluding tert-OH is 1. The molecular weight excluding hydrogens is 225 g/mol. The number of amides is 1. The van der Waals surface area contributed by atoms with Gasteiger partial charge in [0.05, 0.1) is 6.61 Å². The Bertz CT molecular complexity index is 382. The number of ether oxygens (including phenoxy) is 1. The molecule has 2 N–H and O–H groups in total. The van der Waals surface area contributed by atoms with Crippen LogP contribution in [0, 0.1) is 5.82 Å². The summed E-state index contributed by atoms with van der Waals surface area (Å²) in [4.78, 5) is 10.7. The molecule has 1 amide bonds. The molecule has 1 aromatic rings. The Balaban J connectivity index is 2.65. The van der Waals surface area contributed by atoms with Crippen molar-refractivity contribution in [2.45, 2.75) is 13.3 Å². The first-order valence-electron chi connectivity index (χ1n) is 5.40. The number of aliphatic hydroxyl groups is 1. The van der Waals surface area contributed by atoms with Crippen LogP contribution in [0.1, 0.15) is 12.5 Å². The Labute approximate surface area is 99.4 Å². The van der Waals surface area contributed by atoms with E-state index in [1.54, 1.807) is 0 Å². The first-order valence-corrected chi connectivity index (χ1v) is 5.40. The van der Waals surface area contributed by atoms with E-state index in [9.17, 15) is 9.18 Å². The van der Waals surface area contributed by atoms with Crippen LogP contribution in [0.2, 0.25) is 0 Å². The van der Waals surface area contributed by atoms with E-state index in [-0.39, 0.29) is 24.9 Å². The van der Waals surface area contributed by atoms with Gasteiger partial charge in [0.2, 0.25) is 5.91 Å². The van der Waals surface area contributed by atoms with Crippen molar-refractivity contribution in [2.75, 3.05) is 19.8 Å². The molecule has 0 saturated carbocycles. The van der Waals surface area contributed by atoms with Gasteiger partial charge in [-0.25, -0.2) is 4.39 Å². The molecule has 0 aliphatic rings. The van der Waals surface area contributed by atoms with E-state index in [1.807, 2.05) is 0 Å². The number of hydrogen-bond donors (Lipinski definition) is 2. The van der Waals surface area contributed by atoms with Gasteiger partial charge in [-0.05, 0) is 30.2 Å². The summed E-state index contributed by atoms with van der Waals surface area (Å²) in [7, 11) is 0. The van der Waals surface area contributed by atoms with Gasteiger partial charge >= 0.3 is 0 Å². The van der Waals surface area contributed by atoms with Crippen LogP contribution in [0.15, 0.2) is 18.2 Å². The summed E-state index contributed by atoms with van der Waals surface area (Å²) < 4.78 is 18.3. The maximum Gasteiger partial charge on any atom is 0.216 e. The van der Waals surface area contributed by atoms with Gasteiger partial charge in [-0.2, -0.15) is 0 Å². The number of nitrogens with one attached hydrogen (secondary N) is 1. The third-order valence-electron chi connectivity index (χ3n) is 2.14. The molecule has 0 atom stereocenters. The van der Waals surface area contributed by atoms with E-state index in [0.717, 1.165) is 0 Å². The maximum atomic E-state index is 13.1. The summed E-state index contributed by atoms with van der Waals surface area (Å²) in [6, 6.07) is 4.19. The van der Waals surface area contributed by atoms with Crippen LogP contribution in [0.5, 0.6) is 5.75 Å². The van der Waals surface area contributed by atoms with Crippen LogP contribution < -0.4 is 10.1 Å². The highest BCUT2D eigenvalue weighted by molar-refractivity contribution is 5.72. The lowest BCUT2D eigenvalue weighted by Gasteiger charge is -2.11. The predicted octanol–water partition coefficient (Wildman–Crippen LogP) is 0.875. The molecule has 5 heteroatoms. The van der Waals surface area contributed by atoms with Crippen LogP contribution in [0.3, 0.4) is 0 Å². The molecule has 94 valence electrons. The van der Waals surface area contributed by atoms with Gasteiger partial charge < -0.3 is 15.2 Å². The van der Waals surface area contributed by atoms with Crippen molar-refractivity contribution < 1.29 is 19.0 Å². The second kappa shape index (κ2) is 6.85. The van der Waals surface area contributed by atoms with Gasteiger partial charge in [0.1, 0.15) is 18.2 Å². The molecule has 0 unspecified atom stereocenters. The molecule has 1 rings (SSSR count). The molecule has 0 aliphatic carbocycles. The first-order chi connectivity index (χ1) is 8.13. The highest BCUT2D eigenvalue weighted by Gasteiger charge is 2.05. The minimum absolute atomic E-state index is 0.0947. The van der Waals surface area contributed by atoms with E-state index >= 15 is 0 Å². The van der Waals surface area contributed by atoms with E-state index in [0.29, 0.717) is 24.3 Å². The largest absolute Gasteiger partial charge is 0.491 e. The number of halogens is 1. The van der Waals surface area contributed by atoms with Gasteiger partial charge in [0, 0.05) is 13.5 Å². The van der Waals surface area contributed by atoms with Gasteiger partial charge in [-0.15, -0.1) is 0 Å². The summed E-state index contributed by atoms with van der Waals surface area (Å²) in [6.45, 7) is 1.92. The second-order valence-corrected chi connectivity index (χ2v) is 3.56. The minimum atomic E-state index is -0.348. The molecule has 0 fully saturated rings. The van der Waals surface area contributed by atoms with Crippen molar-refractivity contribution in [1.82, 2.24) is 5.32 Å². The Kier molecular flexibility index (Phi) is 5.42. The van der Waals surface area contributed by atoms with Gasteiger partial charge in [0.15, 0.2) is 0 Å². The van der Waals surface area contributed by atoms with Crippen LogP contribution >= 0.6 is 0 Å². The lowest BCUT2D eigenvalue weighted by molar-refractivity contribution is -0.118. The fourth-order valence-corrected chi connectivity index (χ4v) is 1.41. The Morgan fingerprint density at radius 2 is 2.29 bits per heavy atom. The van der Waals surface area contributed by atoms with Crippen molar-refractivity contribution in [3.8, 4) is 5.75 Å². The molecule has 0 saturated heterocycles. The summed E-state index contributed by atoms with van der Waals surface area (Å²) in [5.41, 5.74) is 0.673. The van der Waals surface area contributed by atoms with Crippen molar-refractivity contribution in [3.63, 3.8) is 0 Å². The molecule has 0 heterocycles. The summed E-state index contributed by atoms with van der Waals surface area (Å²) in [5, 5.41) is 11.3. The monoisotopic (exact) mass is 241 g/mol. The van der Waals surface area contributed by atoms with E-state index in [1.165, 1.54) is 25.1 Å². The topological polar surface area (TPSA) is 58.6 Å². The Hall–Kier alpha value is -1.62. The van der Waals surface area contributed by atoms with Crippen LogP contribution in [-0.2, 0) is 11.2 Å². The van der Waals surface area contributed by atoms with Crippen molar-refractivity contribution in [3.05, 3.63) is 29.6 Å². The third kappa shape index (κ3) is 4.82. The number of benzene rings is 1. The van der Waals surface area contributed by atoms with E-state index in [4.69, 9.17) is 9.84 Å². The maximum absolute atomic E-state index is 13.1. The highest BCUT2D eigenvalue weighted by atomic mass is 19.1. The van der Waals surface area contributed by atoms with E-state index < -0.39 is 0 Å². The number of carbonyl (C=O) groups excluding carboxylic acids is 1. The van der Waals surface area contributed by atoms with Crippen LogP contribution in [0.25, 0.3) is 0 Å². The molecule has 0 aliphatic heterocycles. The van der Waals surface area contributed by atoms with Crippen LogP contribution in [0.4, 0.5) is 4.39 Å². The fourth-order valence-electron chi connectivity index (χ4n) is 1.41. The first kappa shape index (κ1) is 13.4. The molecule has 1 aromatic carbocycles. The number of hydrogen-bond acceptors (Lipinski definition) is 3. The standard InChI is InChI=1S/C12H16FNO3/c1-9(16)14-5-4-10-8-11(13)2-3-12(10)17-7-6-15/h2-3,8,15H,4-7H2,1H3,(H,14,16). The molecule has 17 heavy (non-hydrogen) atoms. The molecular formula is C12H16FNO3. The fraction of sp³-hybridized carbons (Fsp3) is 0.417. The zero-order valence-corrected chi connectivity index (χ0v) is 9.70. The summed E-state index contributed by atoms with van der Waals surface area (Å²) >= 11 is 0. The second-order valence-electron chi connectivity index (χ2n) is 3.56. The van der Waals surface area contributed by atoms with Crippen molar-refractivity contribution in [1.29, 1.82) is 0 Å². The summed E-state index contributed by atoms with van der Waals surface area (Å²) in [6.07, 6.45) is 0.484. The van der Waals surface area contributed by atoms with E-state index in [2.05, 4.69) is 5.32 Å². The molecule has 0 radical (unpaired) electrons. The molecule has 0 spiro atoms. The zero-order chi connectivity index (χ0) is 12.7.